The Morgan fingerprint density at radius 2 is 2.23 bits per heavy atom. The number of rotatable bonds is 4. The van der Waals surface area contributed by atoms with Crippen LogP contribution in [0.1, 0.15) is 18.4 Å². The van der Waals surface area contributed by atoms with Crippen LogP contribution in [0.3, 0.4) is 0 Å². The number of benzene rings is 1. The molecule has 1 atom stereocenters. The summed E-state index contributed by atoms with van der Waals surface area (Å²) in [5, 5.41) is 0. The molecule has 0 aliphatic rings. The van der Waals surface area contributed by atoms with Crippen LogP contribution in [0.4, 0.5) is 0 Å². The Bertz CT molecular complexity index is 260. The molecule has 1 aromatic rings. The van der Waals surface area contributed by atoms with E-state index in [-0.39, 0.29) is 0 Å². The summed E-state index contributed by atoms with van der Waals surface area (Å²) < 4.78 is 5.18. The molecule has 2 heteroatoms. The maximum absolute atomic E-state index is 5.18. The summed E-state index contributed by atoms with van der Waals surface area (Å²) in [6.07, 6.45) is 2.14. The Balaban J connectivity index is 2.75. The predicted octanol–water partition coefficient (Wildman–Crippen LogP) is 3.16. The highest BCUT2D eigenvalue weighted by Crippen LogP contribution is 2.22. The Kier molecular flexibility index (Phi) is 4.16. The molecule has 0 radical (unpaired) electrons. The van der Waals surface area contributed by atoms with Gasteiger partial charge < -0.3 is 4.74 Å². The van der Waals surface area contributed by atoms with E-state index < -0.39 is 0 Å². The monoisotopic (exact) mass is 196 g/mol. The zero-order chi connectivity index (χ0) is 9.68. The van der Waals surface area contributed by atoms with Crippen molar-refractivity contribution in [2.75, 3.05) is 19.1 Å². The molecule has 0 saturated heterocycles. The molecule has 0 aliphatic heterocycles. The first-order valence-electron chi connectivity index (χ1n) is 4.40. The van der Waals surface area contributed by atoms with Crippen LogP contribution in [-0.2, 0) is 0 Å². The van der Waals surface area contributed by atoms with E-state index >= 15 is 0 Å². The Morgan fingerprint density at radius 1 is 1.46 bits per heavy atom. The molecule has 0 unspecified atom stereocenters. The molecule has 0 saturated carbocycles. The predicted molar refractivity (Wildman–Crippen MR) is 59.8 cm³/mol. The van der Waals surface area contributed by atoms with E-state index in [1.807, 2.05) is 23.9 Å². The van der Waals surface area contributed by atoms with Crippen LogP contribution in [0.5, 0.6) is 5.75 Å². The number of methoxy groups -OCH3 is 1. The third kappa shape index (κ3) is 2.96. The second-order valence-electron chi connectivity index (χ2n) is 3.13. The summed E-state index contributed by atoms with van der Waals surface area (Å²) in [6, 6.07) is 8.30. The third-order valence-electron chi connectivity index (χ3n) is 2.08. The Labute approximate surface area is 84.5 Å². The maximum atomic E-state index is 5.18. The summed E-state index contributed by atoms with van der Waals surface area (Å²) in [4.78, 5) is 0. The van der Waals surface area contributed by atoms with Gasteiger partial charge in [0.05, 0.1) is 7.11 Å². The molecule has 0 aliphatic carbocycles. The fraction of sp³-hybridized carbons (Fsp3) is 0.455. The van der Waals surface area contributed by atoms with Crippen molar-refractivity contribution < 1.29 is 4.74 Å². The van der Waals surface area contributed by atoms with Crippen LogP contribution in [0.25, 0.3) is 0 Å². The zero-order valence-electron chi connectivity index (χ0n) is 8.41. The summed E-state index contributed by atoms with van der Waals surface area (Å²) in [6.45, 7) is 2.24. The molecule has 13 heavy (non-hydrogen) atoms. The molecule has 0 fully saturated rings. The van der Waals surface area contributed by atoms with Gasteiger partial charge in [-0.1, -0.05) is 19.1 Å². The van der Waals surface area contributed by atoms with Gasteiger partial charge in [-0.05, 0) is 35.6 Å². The van der Waals surface area contributed by atoms with Crippen molar-refractivity contribution in [3.05, 3.63) is 29.8 Å². The van der Waals surface area contributed by atoms with Crippen molar-refractivity contribution in [3.63, 3.8) is 0 Å². The molecule has 1 nitrogen and oxygen atoms in total. The van der Waals surface area contributed by atoms with Crippen LogP contribution in [-0.4, -0.2) is 19.1 Å². The molecule has 0 amide bonds. The molecule has 0 aromatic heterocycles. The summed E-state index contributed by atoms with van der Waals surface area (Å²) >= 11 is 1.88. The van der Waals surface area contributed by atoms with Crippen LogP contribution in [0.2, 0.25) is 0 Å². The van der Waals surface area contributed by atoms with E-state index in [9.17, 15) is 0 Å². The van der Waals surface area contributed by atoms with Crippen molar-refractivity contribution in [3.8, 4) is 5.75 Å². The van der Waals surface area contributed by atoms with Crippen LogP contribution in [0.15, 0.2) is 24.3 Å². The summed E-state index contributed by atoms with van der Waals surface area (Å²) in [5.74, 6) is 2.71. The van der Waals surface area contributed by atoms with Gasteiger partial charge in [-0.3, -0.25) is 0 Å². The summed E-state index contributed by atoms with van der Waals surface area (Å²) in [5.41, 5.74) is 1.36. The number of hydrogen-bond acceptors (Lipinski definition) is 2. The minimum Gasteiger partial charge on any atom is -0.497 e. The highest BCUT2D eigenvalue weighted by molar-refractivity contribution is 7.98. The van der Waals surface area contributed by atoms with Crippen LogP contribution in [0, 0.1) is 0 Å². The molecule has 0 spiro atoms. The zero-order valence-corrected chi connectivity index (χ0v) is 9.23. The normalized spacial score (nSPS) is 12.5. The van der Waals surface area contributed by atoms with E-state index in [1.165, 1.54) is 5.56 Å². The molecular formula is C11H16OS. The first-order valence-corrected chi connectivity index (χ1v) is 5.80. The van der Waals surface area contributed by atoms with Gasteiger partial charge in [0.1, 0.15) is 5.75 Å². The number of thioether (sulfide) groups is 1. The standard InChI is InChI=1S/C11H16OS/c1-9(8-13-3)10-5-4-6-11(7-10)12-2/h4-7,9H,8H2,1-3H3/t9-/m1/s1. The van der Waals surface area contributed by atoms with Crippen molar-refractivity contribution in [2.24, 2.45) is 0 Å². The molecule has 1 rings (SSSR count). The van der Waals surface area contributed by atoms with Gasteiger partial charge in [-0.15, -0.1) is 0 Å². The van der Waals surface area contributed by atoms with E-state index in [2.05, 4.69) is 25.3 Å². The topological polar surface area (TPSA) is 9.23 Å². The van der Waals surface area contributed by atoms with Crippen molar-refractivity contribution in [1.29, 1.82) is 0 Å². The lowest BCUT2D eigenvalue weighted by Gasteiger charge is -2.10. The maximum Gasteiger partial charge on any atom is 0.119 e. The molecule has 0 N–H and O–H groups in total. The van der Waals surface area contributed by atoms with Crippen LogP contribution >= 0.6 is 11.8 Å². The van der Waals surface area contributed by atoms with E-state index in [0.717, 1.165) is 11.5 Å². The number of hydrogen-bond donors (Lipinski definition) is 0. The smallest absolute Gasteiger partial charge is 0.119 e. The first-order chi connectivity index (χ1) is 6.27. The fourth-order valence-electron chi connectivity index (χ4n) is 1.29. The number of ether oxygens (including phenoxy) is 1. The molecule has 0 bridgehead atoms. The van der Waals surface area contributed by atoms with Gasteiger partial charge in [-0.2, -0.15) is 11.8 Å². The second-order valence-corrected chi connectivity index (χ2v) is 4.04. The van der Waals surface area contributed by atoms with Gasteiger partial charge in [-0.25, -0.2) is 0 Å². The lowest BCUT2D eigenvalue weighted by atomic mass is 10.0. The molecule has 1 aromatic carbocycles. The van der Waals surface area contributed by atoms with Gasteiger partial charge >= 0.3 is 0 Å². The fourth-order valence-corrected chi connectivity index (χ4v) is 1.99. The van der Waals surface area contributed by atoms with Crippen LogP contribution < -0.4 is 4.74 Å². The second kappa shape index (κ2) is 5.18. The molecule has 72 valence electrons. The minimum absolute atomic E-state index is 0.602. The van der Waals surface area contributed by atoms with Gasteiger partial charge in [0.2, 0.25) is 0 Å². The highest BCUT2D eigenvalue weighted by Gasteiger charge is 2.04. The van der Waals surface area contributed by atoms with E-state index in [0.29, 0.717) is 5.92 Å². The lowest BCUT2D eigenvalue weighted by Crippen LogP contribution is -1.96. The SMILES string of the molecule is COc1cccc([C@H](C)CSC)c1. The van der Waals surface area contributed by atoms with Gasteiger partial charge in [0, 0.05) is 0 Å². The van der Waals surface area contributed by atoms with Crippen molar-refractivity contribution in [1.82, 2.24) is 0 Å². The first kappa shape index (κ1) is 10.5. The molecule has 0 heterocycles. The Hall–Kier alpha value is -0.630. The minimum atomic E-state index is 0.602. The van der Waals surface area contributed by atoms with Crippen molar-refractivity contribution >= 4 is 11.8 Å². The quantitative estimate of drug-likeness (QED) is 0.731. The van der Waals surface area contributed by atoms with Crippen molar-refractivity contribution in [2.45, 2.75) is 12.8 Å². The third-order valence-corrected chi connectivity index (χ3v) is 2.91. The van der Waals surface area contributed by atoms with Gasteiger partial charge in [0.25, 0.3) is 0 Å². The average molecular weight is 196 g/mol. The average Bonchev–Trinajstić information content (AvgIpc) is 2.18. The largest absolute Gasteiger partial charge is 0.497 e. The molecular weight excluding hydrogens is 180 g/mol. The lowest BCUT2D eigenvalue weighted by molar-refractivity contribution is 0.414. The van der Waals surface area contributed by atoms with E-state index in [4.69, 9.17) is 4.74 Å². The summed E-state index contributed by atoms with van der Waals surface area (Å²) in [7, 11) is 1.71. The van der Waals surface area contributed by atoms with E-state index in [1.54, 1.807) is 7.11 Å². The Morgan fingerprint density at radius 3 is 2.85 bits per heavy atom. The van der Waals surface area contributed by atoms with Gasteiger partial charge in [0.15, 0.2) is 0 Å². The highest BCUT2D eigenvalue weighted by atomic mass is 32.2.